The van der Waals surface area contributed by atoms with Crippen molar-refractivity contribution in [3.63, 3.8) is 0 Å². The van der Waals surface area contributed by atoms with E-state index in [9.17, 15) is 9.59 Å². The Bertz CT molecular complexity index is 533. The van der Waals surface area contributed by atoms with E-state index < -0.39 is 5.97 Å². The lowest BCUT2D eigenvalue weighted by molar-refractivity contribution is -0.137. The Hall–Kier alpha value is -1.26. The fourth-order valence-corrected chi connectivity index (χ4v) is 2.67. The van der Waals surface area contributed by atoms with Gasteiger partial charge in [0.25, 0.3) is 0 Å². The molecule has 0 spiro atoms. The first-order chi connectivity index (χ1) is 9.50. The van der Waals surface area contributed by atoms with E-state index in [4.69, 9.17) is 28.3 Å². The second-order valence-corrected chi connectivity index (χ2v) is 5.67. The van der Waals surface area contributed by atoms with E-state index in [-0.39, 0.29) is 24.2 Å². The fraction of sp³-hybridized carbons (Fsp3) is 0.429. The second-order valence-electron chi connectivity index (χ2n) is 4.88. The van der Waals surface area contributed by atoms with Gasteiger partial charge < -0.3 is 10.4 Å². The highest BCUT2D eigenvalue weighted by molar-refractivity contribution is 6.42. The van der Waals surface area contributed by atoms with Crippen molar-refractivity contribution >= 4 is 35.1 Å². The van der Waals surface area contributed by atoms with Gasteiger partial charge in [-0.15, -0.1) is 0 Å². The fourth-order valence-electron chi connectivity index (χ4n) is 2.22. The number of carboxylic acid groups (broad SMARTS) is 1. The lowest BCUT2D eigenvalue weighted by Crippen LogP contribution is -2.26. The maximum atomic E-state index is 11.9. The van der Waals surface area contributed by atoms with Gasteiger partial charge >= 0.3 is 5.97 Å². The molecule has 1 amide bonds. The molecule has 0 aliphatic heterocycles. The Balaban J connectivity index is 1.83. The third-order valence-corrected chi connectivity index (χ3v) is 4.21. The van der Waals surface area contributed by atoms with Crippen LogP contribution in [-0.2, 0) is 9.59 Å². The number of hydrogen-bond donors (Lipinski definition) is 2. The molecule has 1 fully saturated rings. The quantitative estimate of drug-likeness (QED) is 0.793. The van der Waals surface area contributed by atoms with E-state index in [0.29, 0.717) is 23.0 Å². The van der Waals surface area contributed by atoms with E-state index in [0.717, 1.165) is 12.0 Å². The summed E-state index contributed by atoms with van der Waals surface area (Å²) in [6.45, 7) is 0.387. The first-order valence-electron chi connectivity index (χ1n) is 6.44. The number of halogens is 2. The van der Waals surface area contributed by atoms with Gasteiger partial charge in [-0.1, -0.05) is 35.3 Å². The molecule has 1 aliphatic carbocycles. The summed E-state index contributed by atoms with van der Waals surface area (Å²) in [5, 5.41) is 12.3. The molecule has 0 radical (unpaired) electrons. The number of amides is 1. The number of nitrogens with one attached hydrogen (secondary N) is 1. The zero-order valence-electron chi connectivity index (χ0n) is 10.7. The molecular formula is C14H15Cl2NO3. The summed E-state index contributed by atoms with van der Waals surface area (Å²) in [5.74, 6) is -0.873. The van der Waals surface area contributed by atoms with E-state index in [2.05, 4.69) is 5.32 Å². The minimum atomic E-state index is -0.853. The van der Waals surface area contributed by atoms with Crippen LogP contribution in [0, 0.1) is 5.92 Å². The van der Waals surface area contributed by atoms with Crippen molar-refractivity contribution in [1.82, 2.24) is 5.32 Å². The van der Waals surface area contributed by atoms with Gasteiger partial charge in [0.2, 0.25) is 5.91 Å². The highest BCUT2D eigenvalue weighted by Gasteiger charge is 2.44. The third-order valence-electron chi connectivity index (χ3n) is 3.37. The second kappa shape index (κ2) is 6.46. The van der Waals surface area contributed by atoms with Crippen molar-refractivity contribution in [2.75, 3.05) is 6.54 Å². The Morgan fingerprint density at radius 3 is 2.80 bits per heavy atom. The van der Waals surface area contributed by atoms with E-state index in [1.54, 1.807) is 6.07 Å². The highest BCUT2D eigenvalue weighted by atomic mass is 35.5. The number of aliphatic carboxylic acids is 1. The number of benzene rings is 1. The van der Waals surface area contributed by atoms with Crippen LogP contribution in [0.4, 0.5) is 0 Å². The minimum absolute atomic E-state index is 0.0450. The average Bonchev–Trinajstić information content (AvgIpc) is 3.17. The van der Waals surface area contributed by atoms with Crippen molar-refractivity contribution in [3.8, 4) is 0 Å². The first-order valence-corrected chi connectivity index (χ1v) is 7.19. The number of carboxylic acids is 1. The summed E-state index contributed by atoms with van der Waals surface area (Å²) in [6.07, 6.45) is 1.26. The monoisotopic (exact) mass is 315 g/mol. The van der Waals surface area contributed by atoms with Crippen molar-refractivity contribution in [2.45, 2.75) is 25.2 Å². The standard InChI is InChI=1S/C14H15Cl2NO3/c15-11-4-1-3-8(13(11)16)9-7-10(9)14(20)17-6-2-5-12(18)19/h1,3-4,9-10H,2,5-7H2,(H,17,20)(H,18,19)/t9-,10-/m1/s1. The molecule has 20 heavy (non-hydrogen) atoms. The van der Waals surface area contributed by atoms with Gasteiger partial charge in [0.05, 0.1) is 10.0 Å². The normalized spacial score (nSPS) is 20.5. The molecule has 1 saturated carbocycles. The molecule has 1 aromatic carbocycles. The minimum Gasteiger partial charge on any atom is -0.481 e. The van der Waals surface area contributed by atoms with Crippen LogP contribution in [0.1, 0.15) is 30.7 Å². The smallest absolute Gasteiger partial charge is 0.303 e. The number of hydrogen-bond acceptors (Lipinski definition) is 2. The molecule has 6 heteroatoms. The molecule has 0 saturated heterocycles. The van der Waals surface area contributed by atoms with Gasteiger partial charge in [0, 0.05) is 18.9 Å². The molecule has 1 aromatic rings. The summed E-state index contributed by atoms with van der Waals surface area (Å²) < 4.78 is 0. The maximum Gasteiger partial charge on any atom is 0.303 e. The summed E-state index contributed by atoms with van der Waals surface area (Å²) in [6, 6.07) is 5.43. The molecule has 4 nitrogen and oxygen atoms in total. The van der Waals surface area contributed by atoms with Gasteiger partial charge in [-0.25, -0.2) is 0 Å². The Kier molecular flexibility index (Phi) is 4.89. The highest BCUT2D eigenvalue weighted by Crippen LogP contribution is 2.50. The molecule has 0 heterocycles. The summed E-state index contributed by atoms with van der Waals surface area (Å²) in [4.78, 5) is 22.3. The molecule has 0 aromatic heterocycles. The van der Waals surface area contributed by atoms with Crippen LogP contribution >= 0.6 is 23.2 Å². The van der Waals surface area contributed by atoms with Crippen LogP contribution in [0.2, 0.25) is 10.0 Å². The van der Waals surface area contributed by atoms with Crippen molar-refractivity contribution in [2.24, 2.45) is 5.92 Å². The third kappa shape index (κ3) is 3.64. The van der Waals surface area contributed by atoms with Crippen LogP contribution in [0.25, 0.3) is 0 Å². The van der Waals surface area contributed by atoms with Crippen LogP contribution in [-0.4, -0.2) is 23.5 Å². The van der Waals surface area contributed by atoms with Gasteiger partial charge in [0.1, 0.15) is 0 Å². The molecule has 2 atom stereocenters. The summed E-state index contributed by atoms with van der Waals surface area (Å²) in [7, 11) is 0. The molecular weight excluding hydrogens is 301 g/mol. The number of carbonyl (C=O) groups excluding carboxylic acids is 1. The lowest BCUT2D eigenvalue weighted by Gasteiger charge is -2.06. The Morgan fingerprint density at radius 1 is 1.35 bits per heavy atom. The van der Waals surface area contributed by atoms with E-state index in [1.807, 2.05) is 12.1 Å². The lowest BCUT2D eigenvalue weighted by atomic mass is 10.1. The average molecular weight is 316 g/mol. The number of rotatable bonds is 6. The largest absolute Gasteiger partial charge is 0.481 e. The topological polar surface area (TPSA) is 66.4 Å². The predicted molar refractivity (Wildman–Crippen MR) is 77.2 cm³/mol. The maximum absolute atomic E-state index is 11.9. The Labute approximate surface area is 127 Å². The molecule has 1 aliphatic rings. The molecule has 0 unspecified atom stereocenters. The number of carbonyl (C=O) groups is 2. The summed E-state index contributed by atoms with van der Waals surface area (Å²) in [5.41, 5.74) is 0.907. The predicted octanol–water partition coefficient (Wildman–Crippen LogP) is 3.08. The molecule has 108 valence electrons. The van der Waals surface area contributed by atoms with E-state index >= 15 is 0 Å². The van der Waals surface area contributed by atoms with Crippen LogP contribution in [0.15, 0.2) is 18.2 Å². The van der Waals surface area contributed by atoms with Crippen LogP contribution < -0.4 is 5.32 Å². The van der Waals surface area contributed by atoms with Gasteiger partial charge in [-0.2, -0.15) is 0 Å². The molecule has 2 rings (SSSR count). The van der Waals surface area contributed by atoms with Gasteiger partial charge in [0.15, 0.2) is 0 Å². The van der Waals surface area contributed by atoms with E-state index in [1.165, 1.54) is 0 Å². The molecule has 0 bridgehead atoms. The summed E-state index contributed by atoms with van der Waals surface area (Å²) >= 11 is 12.1. The zero-order valence-corrected chi connectivity index (χ0v) is 12.2. The van der Waals surface area contributed by atoms with Gasteiger partial charge in [-0.3, -0.25) is 9.59 Å². The van der Waals surface area contributed by atoms with Crippen molar-refractivity contribution in [1.29, 1.82) is 0 Å². The first kappa shape index (κ1) is 15.1. The molecule has 2 N–H and O–H groups in total. The SMILES string of the molecule is O=C(O)CCCNC(=O)[C@@H]1C[C@@H]1c1cccc(Cl)c1Cl. The van der Waals surface area contributed by atoms with Crippen molar-refractivity contribution < 1.29 is 14.7 Å². The Morgan fingerprint density at radius 2 is 2.10 bits per heavy atom. The zero-order chi connectivity index (χ0) is 14.7. The van der Waals surface area contributed by atoms with Crippen LogP contribution in [0.3, 0.4) is 0 Å². The van der Waals surface area contributed by atoms with Crippen LogP contribution in [0.5, 0.6) is 0 Å². The van der Waals surface area contributed by atoms with Gasteiger partial charge in [-0.05, 0) is 30.4 Å². The van der Waals surface area contributed by atoms with Crippen molar-refractivity contribution in [3.05, 3.63) is 33.8 Å².